The number of nitrogens with one attached hydrogen (secondary N) is 1. The highest BCUT2D eigenvalue weighted by Gasteiger charge is 2.39. The Balaban J connectivity index is 1.88. The van der Waals surface area contributed by atoms with Gasteiger partial charge < -0.3 is 15.1 Å². The predicted octanol–water partition coefficient (Wildman–Crippen LogP) is 1.48. The van der Waals surface area contributed by atoms with E-state index in [0.717, 1.165) is 45.3 Å². The maximum absolute atomic E-state index is 12.7. The molecule has 1 unspecified atom stereocenters. The smallest absolute Gasteiger partial charge is 0.227 e. The first-order valence-electron chi connectivity index (χ1n) is 8.83. The molecule has 5 heteroatoms. The third-order valence-corrected chi connectivity index (χ3v) is 5.31. The van der Waals surface area contributed by atoms with E-state index in [2.05, 4.69) is 19.2 Å². The number of rotatable bonds is 6. The molecule has 2 aliphatic rings. The molecular weight excluding hydrogens is 278 g/mol. The van der Waals surface area contributed by atoms with Crippen LogP contribution in [0.3, 0.4) is 0 Å². The lowest BCUT2D eigenvalue weighted by atomic mass is 9.95. The zero-order chi connectivity index (χ0) is 16.1. The molecular formula is C17H31N3O2. The summed E-state index contributed by atoms with van der Waals surface area (Å²) in [7, 11) is 1.98. The van der Waals surface area contributed by atoms with Crippen LogP contribution >= 0.6 is 0 Å². The van der Waals surface area contributed by atoms with E-state index in [9.17, 15) is 9.59 Å². The molecule has 2 amide bonds. The van der Waals surface area contributed by atoms with Crippen LogP contribution in [0.1, 0.15) is 46.0 Å². The minimum absolute atomic E-state index is 0.117. The van der Waals surface area contributed by atoms with Crippen molar-refractivity contribution in [2.75, 3.05) is 33.2 Å². The van der Waals surface area contributed by atoms with Crippen molar-refractivity contribution in [1.29, 1.82) is 0 Å². The van der Waals surface area contributed by atoms with Crippen molar-refractivity contribution in [2.45, 2.75) is 52.0 Å². The zero-order valence-electron chi connectivity index (χ0n) is 14.3. The van der Waals surface area contributed by atoms with E-state index in [1.165, 1.54) is 0 Å². The van der Waals surface area contributed by atoms with E-state index < -0.39 is 0 Å². The van der Waals surface area contributed by atoms with Crippen LogP contribution in [0, 0.1) is 11.8 Å². The van der Waals surface area contributed by atoms with Gasteiger partial charge in [0.25, 0.3) is 0 Å². The Bertz CT molecular complexity index is 387. The van der Waals surface area contributed by atoms with E-state index in [-0.39, 0.29) is 17.7 Å². The Kier molecular flexibility index (Phi) is 6.24. The van der Waals surface area contributed by atoms with E-state index in [0.29, 0.717) is 24.9 Å². The topological polar surface area (TPSA) is 52.7 Å². The highest BCUT2D eigenvalue weighted by molar-refractivity contribution is 5.89. The normalized spacial score (nSPS) is 23.6. The van der Waals surface area contributed by atoms with E-state index >= 15 is 0 Å². The standard InChI is InChI=1S/C17H31N3O2/c1-4-15(5-2)20-12-14(10-16(20)21)17(22)19-8-6-13(7-9-19)11-18-3/h13-15,18H,4-12H2,1-3H3. The van der Waals surface area contributed by atoms with Gasteiger partial charge in [0.1, 0.15) is 0 Å². The number of hydrogen-bond donors (Lipinski definition) is 1. The number of nitrogens with zero attached hydrogens (tertiary/aromatic N) is 2. The highest BCUT2D eigenvalue weighted by atomic mass is 16.2. The van der Waals surface area contributed by atoms with Crippen LogP contribution in [0.4, 0.5) is 0 Å². The van der Waals surface area contributed by atoms with Gasteiger partial charge in [-0.2, -0.15) is 0 Å². The Morgan fingerprint density at radius 1 is 1.27 bits per heavy atom. The summed E-state index contributed by atoms with van der Waals surface area (Å²) in [6, 6.07) is 0.298. The van der Waals surface area contributed by atoms with Crippen molar-refractivity contribution < 1.29 is 9.59 Å². The van der Waals surface area contributed by atoms with Crippen molar-refractivity contribution in [3.8, 4) is 0 Å². The van der Waals surface area contributed by atoms with Gasteiger partial charge in [-0.25, -0.2) is 0 Å². The van der Waals surface area contributed by atoms with Gasteiger partial charge in [0.2, 0.25) is 11.8 Å². The number of carbonyl (C=O) groups is 2. The quantitative estimate of drug-likeness (QED) is 0.808. The van der Waals surface area contributed by atoms with E-state index in [1.807, 2.05) is 16.8 Å². The number of hydrogen-bond acceptors (Lipinski definition) is 3. The van der Waals surface area contributed by atoms with E-state index in [4.69, 9.17) is 0 Å². The minimum atomic E-state index is -0.117. The molecule has 0 aliphatic carbocycles. The number of likely N-dealkylation sites (tertiary alicyclic amines) is 2. The summed E-state index contributed by atoms with van der Waals surface area (Å²) in [5.74, 6) is 0.927. The summed E-state index contributed by atoms with van der Waals surface area (Å²) in [4.78, 5) is 28.8. The summed E-state index contributed by atoms with van der Waals surface area (Å²) >= 11 is 0. The highest BCUT2D eigenvalue weighted by Crippen LogP contribution is 2.26. The first-order chi connectivity index (χ1) is 10.6. The molecule has 2 aliphatic heterocycles. The number of carbonyl (C=O) groups excluding carboxylic acids is 2. The molecule has 1 N–H and O–H groups in total. The van der Waals surface area contributed by atoms with Gasteiger partial charge in [0.15, 0.2) is 0 Å². The zero-order valence-corrected chi connectivity index (χ0v) is 14.3. The van der Waals surface area contributed by atoms with Crippen LogP contribution in [0.2, 0.25) is 0 Å². The van der Waals surface area contributed by atoms with Crippen LogP contribution in [0.25, 0.3) is 0 Å². The SMILES string of the molecule is CCC(CC)N1CC(C(=O)N2CCC(CNC)CC2)CC1=O. The van der Waals surface area contributed by atoms with Gasteiger partial charge in [0, 0.05) is 32.1 Å². The van der Waals surface area contributed by atoms with Crippen molar-refractivity contribution in [2.24, 2.45) is 11.8 Å². The van der Waals surface area contributed by atoms with Crippen molar-refractivity contribution >= 4 is 11.8 Å². The van der Waals surface area contributed by atoms with Crippen LogP contribution < -0.4 is 5.32 Å². The fourth-order valence-electron chi connectivity index (χ4n) is 3.88. The first kappa shape index (κ1) is 17.3. The van der Waals surface area contributed by atoms with Crippen molar-refractivity contribution in [3.05, 3.63) is 0 Å². The van der Waals surface area contributed by atoms with Gasteiger partial charge in [-0.05, 0) is 45.2 Å². The molecule has 0 spiro atoms. The number of piperidine rings is 1. The predicted molar refractivity (Wildman–Crippen MR) is 87.4 cm³/mol. The van der Waals surface area contributed by atoms with Crippen molar-refractivity contribution in [1.82, 2.24) is 15.1 Å². The molecule has 0 radical (unpaired) electrons. The van der Waals surface area contributed by atoms with E-state index in [1.54, 1.807) is 0 Å². The molecule has 0 aromatic carbocycles. The van der Waals surface area contributed by atoms with Crippen LogP contribution in [-0.4, -0.2) is 60.9 Å². The average Bonchev–Trinajstić information content (AvgIpc) is 2.91. The average molecular weight is 309 g/mol. The maximum Gasteiger partial charge on any atom is 0.227 e. The fraction of sp³-hybridized carbons (Fsp3) is 0.882. The molecule has 1 atom stereocenters. The van der Waals surface area contributed by atoms with Crippen LogP contribution in [0.15, 0.2) is 0 Å². The lowest BCUT2D eigenvalue weighted by Gasteiger charge is -2.33. The minimum Gasteiger partial charge on any atom is -0.342 e. The first-order valence-corrected chi connectivity index (χ1v) is 8.83. The third kappa shape index (κ3) is 3.80. The van der Waals surface area contributed by atoms with Gasteiger partial charge in [0.05, 0.1) is 5.92 Å². The molecule has 2 rings (SSSR count). The Labute approximate surface area is 134 Å². The molecule has 5 nitrogen and oxygen atoms in total. The number of amides is 2. The Morgan fingerprint density at radius 3 is 2.45 bits per heavy atom. The summed E-state index contributed by atoms with van der Waals surface area (Å²) in [5.41, 5.74) is 0. The summed E-state index contributed by atoms with van der Waals surface area (Å²) in [6.45, 7) is 7.58. The second-order valence-electron chi connectivity index (χ2n) is 6.74. The lowest BCUT2D eigenvalue weighted by molar-refractivity contribution is -0.137. The van der Waals surface area contributed by atoms with Crippen molar-refractivity contribution in [3.63, 3.8) is 0 Å². The molecule has 2 fully saturated rings. The molecule has 0 aromatic heterocycles. The molecule has 2 saturated heterocycles. The Morgan fingerprint density at radius 2 is 1.91 bits per heavy atom. The Hall–Kier alpha value is -1.10. The van der Waals surface area contributed by atoms with Gasteiger partial charge in [-0.15, -0.1) is 0 Å². The summed E-state index contributed by atoms with van der Waals surface area (Å²) < 4.78 is 0. The van der Waals surface area contributed by atoms with Gasteiger partial charge in [-0.3, -0.25) is 9.59 Å². The molecule has 2 heterocycles. The second-order valence-corrected chi connectivity index (χ2v) is 6.74. The lowest BCUT2D eigenvalue weighted by Crippen LogP contribution is -2.44. The summed E-state index contributed by atoms with van der Waals surface area (Å²) in [5, 5.41) is 3.22. The third-order valence-electron chi connectivity index (χ3n) is 5.31. The monoisotopic (exact) mass is 309 g/mol. The fourth-order valence-corrected chi connectivity index (χ4v) is 3.88. The largest absolute Gasteiger partial charge is 0.342 e. The van der Waals surface area contributed by atoms with Crippen LogP contribution in [-0.2, 0) is 9.59 Å². The van der Waals surface area contributed by atoms with Gasteiger partial charge >= 0.3 is 0 Å². The van der Waals surface area contributed by atoms with Crippen LogP contribution in [0.5, 0.6) is 0 Å². The molecule has 0 aromatic rings. The maximum atomic E-state index is 12.7. The molecule has 126 valence electrons. The van der Waals surface area contributed by atoms with Gasteiger partial charge in [-0.1, -0.05) is 13.8 Å². The summed E-state index contributed by atoms with van der Waals surface area (Å²) in [6.07, 6.45) is 4.50. The molecule has 0 saturated carbocycles. The molecule has 0 bridgehead atoms. The molecule has 22 heavy (non-hydrogen) atoms. The second kappa shape index (κ2) is 7.95.